The Balaban J connectivity index is 1.59. The Labute approximate surface area is 152 Å². The van der Waals surface area contributed by atoms with Gasteiger partial charge in [0.1, 0.15) is 5.02 Å². The van der Waals surface area contributed by atoms with Gasteiger partial charge in [0.2, 0.25) is 6.79 Å². The van der Waals surface area contributed by atoms with Crippen LogP contribution in [-0.4, -0.2) is 23.5 Å². The van der Waals surface area contributed by atoms with E-state index in [4.69, 9.17) is 21.1 Å². The summed E-state index contributed by atoms with van der Waals surface area (Å²) in [5.41, 5.74) is 0.437. The van der Waals surface area contributed by atoms with Gasteiger partial charge in [0.25, 0.3) is 5.69 Å². The third kappa shape index (κ3) is 3.83. The van der Waals surface area contributed by atoms with Crippen LogP contribution >= 0.6 is 11.6 Å². The maximum Gasteiger partial charge on any atom is 0.313 e. The van der Waals surface area contributed by atoms with Crippen LogP contribution in [0.3, 0.4) is 0 Å². The Morgan fingerprint density at radius 3 is 2.65 bits per heavy atom. The van der Waals surface area contributed by atoms with Crippen LogP contribution < -0.4 is 20.1 Å². The van der Waals surface area contributed by atoms with Crippen molar-refractivity contribution in [1.29, 1.82) is 0 Å². The van der Waals surface area contributed by atoms with Crippen LogP contribution in [0.25, 0.3) is 0 Å². The molecule has 1 aliphatic heterocycles. The number of rotatable bonds is 4. The summed E-state index contributed by atoms with van der Waals surface area (Å²) >= 11 is 5.70. The van der Waals surface area contributed by atoms with E-state index in [-0.39, 0.29) is 29.7 Å². The highest BCUT2D eigenvalue weighted by molar-refractivity contribution is 6.39. The summed E-state index contributed by atoms with van der Waals surface area (Å²) in [5.74, 6) is -0.667. The van der Waals surface area contributed by atoms with Crippen LogP contribution in [0.5, 0.6) is 11.5 Å². The summed E-state index contributed by atoms with van der Waals surface area (Å²) < 4.78 is 10.4. The highest BCUT2D eigenvalue weighted by Crippen LogP contribution is 2.32. The van der Waals surface area contributed by atoms with Crippen LogP contribution in [-0.2, 0) is 16.1 Å². The van der Waals surface area contributed by atoms with Gasteiger partial charge in [-0.3, -0.25) is 19.7 Å². The molecule has 3 rings (SSSR count). The molecule has 0 fully saturated rings. The number of nitro groups is 1. The number of nitrogens with one attached hydrogen (secondary N) is 2. The minimum atomic E-state index is -0.956. The zero-order valence-corrected chi connectivity index (χ0v) is 13.9. The molecule has 10 heteroatoms. The average molecular weight is 378 g/mol. The molecule has 1 heterocycles. The molecule has 0 aliphatic carbocycles. The lowest BCUT2D eigenvalue weighted by Crippen LogP contribution is -2.34. The topological polar surface area (TPSA) is 120 Å². The summed E-state index contributed by atoms with van der Waals surface area (Å²) in [5, 5.41) is 15.5. The van der Waals surface area contributed by atoms with E-state index in [0.717, 1.165) is 11.6 Å². The first kappa shape index (κ1) is 17.5. The molecule has 0 saturated heterocycles. The van der Waals surface area contributed by atoms with Crippen LogP contribution in [0.4, 0.5) is 11.4 Å². The van der Waals surface area contributed by atoms with Gasteiger partial charge in [0, 0.05) is 18.3 Å². The molecule has 2 aromatic carbocycles. The zero-order valence-electron chi connectivity index (χ0n) is 13.2. The molecular formula is C16H12ClN3O6. The molecule has 26 heavy (non-hydrogen) atoms. The van der Waals surface area contributed by atoms with Crippen molar-refractivity contribution in [1.82, 2.24) is 5.32 Å². The van der Waals surface area contributed by atoms with E-state index in [1.54, 1.807) is 18.2 Å². The van der Waals surface area contributed by atoms with Gasteiger partial charge >= 0.3 is 11.8 Å². The fraction of sp³-hybridized carbons (Fsp3) is 0.125. The Morgan fingerprint density at radius 2 is 1.88 bits per heavy atom. The first-order chi connectivity index (χ1) is 12.4. The average Bonchev–Trinajstić information content (AvgIpc) is 3.08. The fourth-order valence-corrected chi connectivity index (χ4v) is 2.42. The zero-order chi connectivity index (χ0) is 18.7. The van der Waals surface area contributed by atoms with Gasteiger partial charge in [0.15, 0.2) is 11.5 Å². The highest BCUT2D eigenvalue weighted by Gasteiger charge is 2.18. The second-order valence-electron chi connectivity index (χ2n) is 5.25. The second-order valence-corrected chi connectivity index (χ2v) is 5.65. The van der Waals surface area contributed by atoms with E-state index in [1.807, 2.05) is 0 Å². The molecule has 0 spiro atoms. The molecule has 0 aromatic heterocycles. The second kappa shape index (κ2) is 7.28. The Bertz CT molecular complexity index is 902. The lowest BCUT2D eigenvalue weighted by atomic mass is 10.2. The standard InChI is InChI=1S/C16H12ClN3O6/c17-11-3-2-10(6-12(11)20(23)24)19-16(22)15(21)18-7-9-1-4-13-14(5-9)26-8-25-13/h1-6H,7-8H2,(H,18,21)(H,19,22). The third-order valence-electron chi connectivity index (χ3n) is 3.50. The van der Waals surface area contributed by atoms with E-state index in [2.05, 4.69) is 10.6 Å². The van der Waals surface area contributed by atoms with Gasteiger partial charge in [-0.25, -0.2) is 0 Å². The molecule has 0 bridgehead atoms. The number of benzene rings is 2. The number of carbonyl (C=O) groups excluding carboxylic acids is 2. The van der Waals surface area contributed by atoms with E-state index in [0.29, 0.717) is 11.5 Å². The van der Waals surface area contributed by atoms with Crippen molar-refractivity contribution in [3.8, 4) is 11.5 Å². The minimum absolute atomic E-state index is 0.0692. The van der Waals surface area contributed by atoms with Crippen molar-refractivity contribution in [3.05, 3.63) is 57.1 Å². The van der Waals surface area contributed by atoms with Crippen LogP contribution in [0.15, 0.2) is 36.4 Å². The van der Waals surface area contributed by atoms with Crippen LogP contribution in [0.1, 0.15) is 5.56 Å². The highest BCUT2D eigenvalue weighted by atomic mass is 35.5. The predicted octanol–water partition coefficient (Wildman–Crippen LogP) is 2.23. The van der Waals surface area contributed by atoms with Gasteiger partial charge in [0.05, 0.1) is 4.92 Å². The van der Waals surface area contributed by atoms with E-state index >= 15 is 0 Å². The summed E-state index contributed by atoms with van der Waals surface area (Å²) in [4.78, 5) is 34.0. The first-order valence-corrected chi connectivity index (χ1v) is 7.73. The lowest BCUT2D eigenvalue weighted by molar-refractivity contribution is -0.384. The number of hydrogen-bond donors (Lipinski definition) is 2. The number of anilines is 1. The number of carbonyl (C=O) groups is 2. The number of nitro benzene ring substituents is 1. The number of ether oxygens (including phenoxy) is 2. The summed E-state index contributed by atoms with van der Waals surface area (Å²) in [6.45, 7) is 0.241. The van der Waals surface area contributed by atoms with Crippen molar-refractivity contribution in [3.63, 3.8) is 0 Å². The molecule has 0 saturated carbocycles. The maximum absolute atomic E-state index is 11.9. The van der Waals surface area contributed by atoms with Crippen LogP contribution in [0.2, 0.25) is 5.02 Å². The molecule has 2 aromatic rings. The van der Waals surface area contributed by atoms with Crippen molar-refractivity contribution in [2.75, 3.05) is 12.1 Å². The number of amides is 2. The summed E-state index contributed by atoms with van der Waals surface area (Å²) in [6, 6.07) is 8.83. The normalized spacial score (nSPS) is 11.7. The predicted molar refractivity (Wildman–Crippen MR) is 91.1 cm³/mol. The van der Waals surface area contributed by atoms with Gasteiger partial charge in [-0.1, -0.05) is 17.7 Å². The number of halogens is 1. The van der Waals surface area contributed by atoms with E-state index in [9.17, 15) is 19.7 Å². The Morgan fingerprint density at radius 1 is 1.12 bits per heavy atom. The number of nitrogens with zero attached hydrogens (tertiary/aromatic N) is 1. The summed E-state index contributed by atoms with van der Waals surface area (Å²) in [6.07, 6.45) is 0. The van der Waals surface area contributed by atoms with Gasteiger partial charge < -0.3 is 20.1 Å². The van der Waals surface area contributed by atoms with Crippen molar-refractivity contribution >= 4 is 34.8 Å². The molecular weight excluding hydrogens is 366 g/mol. The number of hydrogen-bond acceptors (Lipinski definition) is 6. The number of fused-ring (bicyclic) bond motifs is 1. The molecule has 0 radical (unpaired) electrons. The largest absolute Gasteiger partial charge is 0.454 e. The molecule has 2 N–H and O–H groups in total. The van der Waals surface area contributed by atoms with Crippen molar-refractivity contribution < 1.29 is 24.0 Å². The molecule has 134 valence electrons. The monoisotopic (exact) mass is 377 g/mol. The molecule has 1 aliphatic rings. The minimum Gasteiger partial charge on any atom is -0.454 e. The van der Waals surface area contributed by atoms with E-state index in [1.165, 1.54) is 12.1 Å². The van der Waals surface area contributed by atoms with Gasteiger partial charge in [-0.2, -0.15) is 0 Å². The van der Waals surface area contributed by atoms with E-state index < -0.39 is 16.7 Å². The summed E-state index contributed by atoms with van der Waals surface area (Å²) in [7, 11) is 0. The van der Waals surface area contributed by atoms with Crippen molar-refractivity contribution in [2.24, 2.45) is 0 Å². The Hall–Kier alpha value is -3.33. The smallest absolute Gasteiger partial charge is 0.313 e. The fourth-order valence-electron chi connectivity index (χ4n) is 2.23. The molecule has 2 amide bonds. The molecule has 0 unspecified atom stereocenters. The SMILES string of the molecule is O=C(NCc1ccc2c(c1)OCO2)C(=O)Nc1ccc(Cl)c([N+](=O)[O-])c1. The maximum atomic E-state index is 11.9. The van der Waals surface area contributed by atoms with Gasteiger partial charge in [-0.05, 0) is 29.8 Å². The lowest BCUT2D eigenvalue weighted by Gasteiger charge is -2.07. The Kier molecular flexibility index (Phi) is 4.90. The molecule has 9 nitrogen and oxygen atoms in total. The molecule has 0 atom stereocenters. The first-order valence-electron chi connectivity index (χ1n) is 7.35. The quantitative estimate of drug-likeness (QED) is 0.479. The van der Waals surface area contributed by atoms with Gasteiger partial charge in [-0.15, -0.1) is 0 Å². The van der Waals surface area contributed by atoms with Crippen molar-refractivity contribution in [2.45, 2.75) is 6.54 Å². The van der Waals surface area contributed by atoms with Crippen LogP contribution in [0, 0.1) is 10.1 Å². The third-order valence-corrected chi connectivity index (χ3v) is 3.82.